The topological polar surface area (TPSA) is 57.0 Å². The van der Waals surface area contributed by atoms with Crippen LogP contribution in [-0.4, -0.2) is 27.3 Å². The molecule has 1 unspecified atom stereocenters. The van der Waals surface area contributed by atoms with E-state index >= 15 is 0 Å². The largest absolute Gasteiger partial charge is 0.462 e. The van der Waals surface area contributed by atoms with Crippen molar-refractivity contribution < 1.29 is 9.53 Å². The molecule has 0 aliphatic carbocycles. The van der Waals surface area contributed by atoms with Gasteiger partial charge in [0.25, 0.3) is 0 Å². The Bertz CT molecular complexity index is 921. The van der Waals surface area contributed by atoms with Crippen LogP contribution in [0.1, 0.15) is 53.6 Å². The van der Waals surface area contributed by atoms with Crippen molar-refractivity contribution in [1.29, 1.82) is 0 Å². The zero-order valence-corrected chi connectivity index (χ0v) is 17.3. The first kappa shape index (κ1) is 20.1. The summed E-state index contributed by atoms with van der Waals surface area (Å²) in [7, 11) is 0. The first-order chi connectivity index (χ1) is 13.5. The minimum absolute atomic E-state index is 0.273. The third-order valence-electron chi connectivity index (χ3n) is 4.34. The normalized spacial score (nSPS) is 12.2. The lowest BCUT2D eigenvalue weighted by Gasteiger charge is -2.16. The number of hydrogen-bond donors (Lipinski definition) is 1. The van der Waals surface area contributed by atoms with E-state index in [4.69, 9.17) is 17.4 Å². The molecule has 1 atom stereocenters. The van der Waals surface area contributed by atoms with Gasteiger partial charge in [0.2, 0.25) is 0 Å². The third-order valence-corrected chi connectivity index (χ3v) is 4.87. The molecule has 0 bridgehead atoms. The molecule has 1 heterocycles. The molecule has 3 aromatic rings. The SMILES string of the molecule is CCOC(=O)c1ccc(C(S)c2nnc(CC(C)C)n2-c2ccccc2)cc1. The van der Waals surface area contributed by atoms with Gasteiger partial charge in [-0.05, 0) is 42.7 Å². The molecule has 0 saturated heterocycles. The van der Waals surface area contributed by atoms with E-state index in [2.05, 4.69) is 28.6 Å². The Morgan fingerprint density at radius 3 is 2.36 bits per heavy atom. The van der Waals surface area contributed by atoms with E-state index in [1.807, 2.05) is 42.5 Å². The molecule has 0 spiro atoms. The van der Waals surface area contributed by atoms with Gasteiger partial charge in [-0.3, -0.25) is 4.57 Å². The average Bonchev–Trinajstić information content (AvgIpc) is 3.11. The van der Waals surface area contributed by atoms with Crippen molar-refractivity contribution in [3.63, 3.8) is 0 Å². The van der Waals surface area contributed by atoms with Crippen LogP contribution in [0.4, 0.5) is 0 Å². The van der Waals surface area contributed by atoms with Gasteiger partial charge in [-0.15, -0.1) is 10.2 Å². The molecule has 6 heteroatoms. The van der Waals surface area contributed by atoms with E-state index in [9.17, 15) is 4.79 Å². The van der Waals surface area contributed by atoms with Crippen molar-refractivity contribution in [2.45, 2.75) is 32.4 Å². The lowest BCUT2D eigenvalue weighted by molar-refractivity contribution is 0.0526. The molecule has 0 radical (unpaired) electrons. The van der Waals surface area contributed by atoms with Crippen LogP contribution in [0.15, 0.2) is 54.6 Å². The Balaban J connectivity index is 1.96. The number of nitrogens with zero attached hydrogens (tertiary/aromatic N) is 3. The molecule has 0 saturated carbocycles. The minimum atomic E-state index is -0.323. The molecular weight excluding hydrogens is 370 g/mol. The maximum atomic E-state index is 11.9. The second kappa shape index (κ2) is 9.06. The number of ether oxygens (including phenoxy) is 1. The predicted molar refractivity (Wildman–Crippen MR) is 113 cm³/mol. The molecule has 2 aromatic carbocycles. The van der Waals surface area contributed by atoms with Crippen molar-refractivity contribution in [1.82, 2.24) is 14.8 Å². The number of benzene rings is 2. The molecule has 28 heavy (non-hydrogen) atoms. The lowest BCUT2D eigenvalue weighted by Crippen LogP contribution is -2.10. The summed E-state index contributed by atoms with van der Waals surface area (Å²) >= 11 is 4.82. The first-order valence-corrected chi connectivity index (χ1v) is 9.97. The summed E-state index contributed by atoms with van der Waals surface area (Å²) < 4.78 is 7.13. The molecule has 1 aromatic heterocycles. The zero-order chi connectivity index (χ0) is 20.1. The maximum Gasteiger partial charge on any atom is 0.338 e. The first-order valence-electron chi connectivity index (χ1n) is 9.46. The van der Waals surface area contributed by atoms with Gasteiger partial charge >= 0.3 is 5.97 Å². The Hall–Kier alpha value is -2.60. The number of aromatic nitrogens is 3. The Kier molecular flexibility index (Phi) is 6.52. The monoisotopic (exact) mass is 395 g/mol. The van der Waals surface area contributed by atoms with Gasteiger partial charge in [0, 0.05) is 12.1 Å². The van der Waals surface area contributed by atoms with E-state index in [0.29, 0.717) is 18.1 Å². The third kappa shape index (κ3) is 4.44. The highest BCUT2D eigenvalue weighted by molar-refractivity contribution is 7.80. The van der Waals surface area contributed by atoms with Crippen molar-refractivity contribution in [3.05, 3.63) is 77.4 Å². The predicted octanol–water partition coefficient (Wildman–Crippen LogP) is 4.66. The van der Waals surface area contributed by atoms with E-state index in [-0.39, 0.29) is 11.2 Å². The summed E-state index contributed by atoms with van der Waals surface area (Å²) in [5, 5.41) is 8.62. The number of carbonyl (C=O) groups excluding carboxylic acids is 1. The van der Waals surface area contributed by atoms with Gasteiger partial charge < -0.3 is 4.74 Å². The Labute approximate surface area is 171 Å². The van der Waals surface area contributed by atoms with Gasteiger partial charge in [0.05, 0.1) is 17.4 Å². The van der Waals surface area contributed by atoms with Gasteiger partial charge in [0.1, 0.15) is 5.82 Å². The summed E-state index contributed by atoms with van der Waals surface area (Å²) in [5.41, 5.74) is 2.48. The van der Waals surface area contributed by atoms with Crippen LogP contribution in [0.5, 0.6) is 0 Å². The molecule has 0 N–H and O–H groups in total. The number of rotatable bonds is 7. The molecule has 0 aliphatic heterocycles. The molecule has 3 rings (SSSR count). The van der Waals surface area contributed by atoms with E-state index in [1.165, 1.54) is 0 Å². The summed E-state index contributed by atoms with van der Waals surface area (Å²) in [5.74, 6) is 1.81. The van der Waals surface area contributed by atoms with Crippen molar-refractivity contribution >= 4 is 18.6 Å². The highest BCUT2D eigenvalue weighted by Crippen LogP contribution is 2.30. The molecule has 0 amide bonds. The maximum absolute atomic E-state index is 11.9. The smallest absolute Gasteiger partial charge is 0.338 e. The second-order valence-electron chi connectivity index (χ2n) is 6.99. The second-order valence-corrected chi connectivity index (χ2v) is 7.50. The van der Waals surface area contributed by atoms with Crippen molar-refractivity contribution in [2.75, 3.05) is 6.61 Å². The van der Waals surface area contributed by atoms with Crippen LogP contribution in [0, 0.1) is 5.92 Å². The van der Waals surface area contributed by atoms with E-state index < -0.39 is 0 Å². The summed E-state index contributed by atoms with van der Waals surface area (Å²) in [6.45, 7) is 6.47. The number of hydrogen-bond acceptors (Lipinski definition) is 5. The van der Waals surface area contributed by atoms with Crippen LogP contribution in [0.25, 0.3) is 5.69 Å². The fourth-order valence-corrected chi connectivity index (χ4v) is 3.37. The van der Waals surface area contributed by atoms with E-state index in [1.54, 1.807) is 19.1 Å². The molecule has 0 aliphatic rings. The summed E-state index contributed by atoms with van der Waals surface area (Å²) in [4.78, 5) is 11.9. The van der Waals surface area contributed by atoms with Crippen LogP contribution < -0.4 is 0 Å². The lowest BCUT2D eigenvalue weighted by atomic mass is 10.1. The molecular formula is C22H25N3O2S. The van der Waals surface area contributed by atoms with Gasteiger partial charge in [-0.2, -0.15) is 12.6 Å². The van der Waals surface area contributed by atoms with Crippen LogP contribution >= 0.6 is 12.6 Å². The number of carbonyl (C=O) groups is 1. The summed E-state index contributed by atoms with van der Waals surface area (Å²) in [6.07, 6.45) is 0.824. The number of para-hydroxylation sites is 1. The molecule has 5 nitrogen and oxygen atoms in total. The molecule has 146 valence electrons. The highest BCUT2D eigenvalue weighted by atomic mass is 32.1. The minimum Gasteiger partial charge on any atom is -0.462 e. The summed E-state index contributed by atoms with van der Waals surface area (Å²) in [6, 6.07) is 17.4. The Morgan fingerprint density at radius 2 is 1.75 bits per heavy atom. The fraction of sp³-hybridized carbons (Fsp3) is 0.318. The van der Waals surface area contributed by atoms with Crippen LogP contribution in [0.3, 0.4) is 0 Å². The van der Waals surface area contributed by atoms with Crippen LogP contribution in [-0.2, 0) is 11.2 Å². The quantitative estimate of drug-likeness (QED) is 0.467. The van der Waals surface area contributed by atoms with E-state index in [0.717, 1.165) is 29.3 Å². The highest BCUT2D eigenvalue weighted by Gasteiger charge is 2.22. The number of thiol groups is 1. The zero-order valence-electron chi connectivity index (χ0n) is 16.4. The standard InChI is InChI=1S/C22H25N3O2S/c1-4-27-22(26)17-12-10-16(11-13-17)20(28)21-24-23-19(14-15(2)3)25(21)18-8-6-5-7-9-18/h5-13,15,20,28H,4,14H2,1-3H3. The van der Waals surface area contributed by atoms with Gasteiger partial charge in [-0.1, -0.05) is 44.2 Å². The Morgan fingerprint density at radius 1 is 1.07 bits per heavy atom. The van der Waals surface area contributed by atoms with Gasteiger partial charge in [0.15, 0.2) is 5.82 Å². The fourth-order valence-electron chi connectivity index (χ4n) is 3.03. The van der Waals surface area contributed by atoms with Crippen LogP contribution in [0.2, 0.25) is 0 Å². The van der Waals surface area contributed by atoms with Crippen molar-refractivity contribution in [3.8, 4) is 5.69 Å². The van der Waals surface area contributed by atoms with Crippen molar-refractivity contribution in [2.24, 2.45) is 5.92 Å². The molecule has 0 fully saturated rings. The number of esters is 1. The average molecular weight is 396 g/mol. The van der Waals surface area contributed by atoms with Gasteiger partial charge in [-0.25, -0.2) is 4.79 Å².